The van der Waals surface area contributed by atoms with Crippen LogP contribution < -0.4 is 10.9 Å². The van der Waals surface area contributed by atoms with Crippen molar-refractivity contribution in [3.05, 3.63) is 53.0 Å². The van der Waals surface area contributed by atoms with Crippen LogP contribution in [0.2, 0.25) is 0 Å². The summed E-state index contributed by atoms with van der Waals surface area (Å²) in [6.07, 6.45) is 2.92. The Labute approximate surface area is 130 Å². The number of nitrogens with one attached hydrogen (secondary N) is 1. The van der Waals surface area contributed by atoms with Gasteiger partial charge in [-0.3, -0.25) is 18.8 Å². The molecule has 0 atom stereocenters. The number of hydrogen-bond acceptors (Lipinski definition) is 4. The van der Waals surface area contributed by atoms with Crippen LogP contribution in [0, 0.1) is 5.82 Å². The van der Waals surface area contributed by atoms with E-state index in [9.17, 15) is 14.0 Å². The minimum atomic E-state index is -0.426. The predicted octanol–water partition coefficient (Wildman–Crippen LogP) is 1.30. The third kappa shape index (κ3) is 3.10. The van der Waals surface area contributed by atoms with Crippen LogP contribution >= 0.6 is 0 Å². The number of nitrogens with zero attached hydrogens (tertiary/aromatic N) is 4. The van der Waals surface area contributed by atoms with Crippen molar-refractivity contribution in [2.45, 2.75) is 13.0 Å². The lowest BCUT2D eigenvalue weighted by atomic mass is 10.3. The number of hydrogen-bond donors (Lipinski definition) is 1. The lowest BCUT2D eigenvalue weighted by Gasteiger charge is -2.07. The van der Waals surface area contributed by atoms with Gasteiger partial charge < -0.3 is 5.32 Å². The number of rotatable bonds is 4. The molecule has 2 aromatic heterocycles. The Morgan fingerprint density at radius 2 is 2.22 bits per heavy atom. The normalized spacial score (nSPS) is 10.9. The van der Waals surface area contributed by atoms with Crippen molar-refractivity contribution in [1.82, 2.24) is 19.3 Å². The van der Waals surface area contributed by atoms with Gasteiger partial charge in [0.1, 0.15) is 11.2 Å². The van der Waals surface area contributed by atoms with Gasteiger partial charge in [0.2, 0.25) is 5.91 Å². The topological polar surface area (TPSA) is 81.8 Å². The third-order valence-corrected chi connectivity index (χ3v) is 3.41. The van der Waals surface area contributed by atoms with Crippen molar-refractivity contribution in [3.8, 4) is 0 Å². The first-order valence-corrected chi connectivity index (χ1v) is 6.97. The Bertz CT molecular complexity index is 931. The Morgan fingerprint density at radius 1 is 1.39 bits per heavy atom. The maximum absolute atomic E-state index is 13.1. The molecule has 8 heteroatoms. The molecular formula is C15H14FN5O2. The summed E-state index contributed by atoms with van der Waals surface area (Å²) in [5.74, 6) is -0.737. The maximum Gasteiger partial charge on any atom is 0.264 e. The van der Waals surface area contributed by atoms with E-state index in [1.54, 1.807) is 13.1 Å². The molecule has 1 amide bonds. The molecule has 0 aliphatic rings. The summed E-state index contributed by atoms with van der Waals surface area (Å²) in [5, 5.41) is 6.97. The van der Waals surface area contributed by atoms with E-state index in [-0.39, 0.29) is 24.4 Å². The van der Waals surface area contributed by atoms with Gasteiger partial charge in [-0.05, 0) is 18.2 Å². The van der Waals surface area contributed by atoms with E-state index in [1.807, 2.05) is 0 Å². The van der Waals surface area contributed by atoms with Gasteiger partial charge in [-0.2, -0.15) is 5.10 Å². The molecule has 0 bridgehead atoms. The van der Waals surface area contributed by atoms with Gasteiger partial charge in [-0.15, -0.1) is 0 Å². The SMILES string of the molecule is Cn1ncc2c(=O)n(CCC(=O)Nc3cccc(F)c3)cnc21. The van der Waals surface area contributed by atoms with Crippen LogP contribution in [0.1, 0.15) is 6.42 Å². The average Bonchev–Trinajstić information content (AvgIpc) is 2.89. The predicted molar refractivity (Wildman–Crippen MR) is 82.4 cm³/mol. The molecule has 0 fully saturated rings. The molecule has 0 unspecified atom stereocenters. The molecule has 7 nitrogen and oxygen atoms in total. The number of carbonyl (C=O) groups is 1. The second-order valence-electron chi connectivity index (χ2n) is 5.06. The summed E-state index contributed by atoms with van der Waals surface area (Å²) in [7, 11) is 1.70. The summed E-state index contributed by atoms with van der Waals surface area (Å²) in [5.41, 5.74) is 0.625. The van der Waals surface area contributed by atoms with Crippen LogP contribution in [0.3, 0.4) is 0 Å². The van der Waals surface area contributed by atoms with Gasteiger partial charge in [-0.25, -0.2) is 9.37 Å². The highest BCUT2D eigenvalue weighted by Gasteiger charge is 2.09. The van der Waals surface area contributed by atoms with Crippen LogP contribution in [-0.2, 0) is 18.4 Å². The lowest BCUT2D eigenvalue weighted by Crippen LogP contribution is -2.23. The van der Waals surface area contributed by atoms with Crippen molar-refractivity contribution < 1.29 is 9.18 Å². The Balaban J connectivity index is 1.69. The molecule has 1 N–H and O–H groups in total. The zero-order chi connectivity index (χ0) is 16.4. The van der Waals surface area contributed by atoms with Crippen LogP contribution in [0.25, 0.3) is 11.0 Å². The van der Waals surface area contributed by atoms with Gasteiger partial charge in [0.15, 0.2) is 5.65 Å². The van der Waals surface area contributed by atoms with Gasteiger partial charge in [0.25, 0.3) is 5.56 Å². The van der Waals surface area contributed by atoms with Crippen LogP contribution in [-0.4, -0.2) is 25.2 Å². The Kier molecular flexibility index (Phi) is 3.88. The van der Waals surface area contributed by atoms with E-state index >= 15 is 0 Å². The van der Waals surface area contributed by atoms with E-state index in [1.165, 1.54) is 40.0 Å². The van der Waals surface area contributed by atoms with Crippen molar-refractivity contribution in [3.63, 3.8) is 0 Å². The van der Waals surface area contributed by atoms with Gasteiger partial charge in [0.05, 0.1) is 12.5 Å². The van der Waals surface area contributed by atoms with Crippen LogP contribution in [0.4, 0.5) is 10.1 Å². The fraction of sp³-hybridized carbons (Fsp3) is 0.200. The zero-order valence-electron chi connectivity index (χ0n) is 12.4. The van der Waals surface area contributed by atoms with E-state index in [0.717, 1.165) is 0 Å². The van der Waals surface area contributed by atoms with Gasteiger partial charge in [0, 0.05) is 25.7 Å². The molecule has 0 spiro atoms. The Hall–Kier alpha value is -3.03. The smallest absolute Gasteiger partial charge is 0.264 e. The first-order chi connectivity index (χ1) is 11.0. The van der Waals surface area contributed by atoms with E-state index in [2.05, 4.69) is 15.4 Å². The highest BCUT2D eigenvalue weighted by molar-refractivity contribution is 5.90. The van der Waals surface area contributed by atoms with Crippen LogP contribution in [0.15, 0.2) is 41.6 Å². The number of benzene rings is 1. The van der Waals surface area contributed by atoms with Crippen LogP contribution in [0.5, 0.6) is 0 Å². The van der Waals surface area contributed by atoms with E-state index < -0.39 is 5.82 Å². The second-order valence-corrected chi connectivity index (χ2v) is 5.06. The molecule has 0 radical (unpaired) electrons. The highest BCUT2D eigenvalue weighted by Crippen LogP contribution is 2.09. The number of carbonyl (C=O) groups excluding carboxylic acids is 1. The molecule has 3 aromatic rings. The first-order valence-electron chi connectivity index (χ1n) is 6.97. The molecule has 0 saturated heterocycles. The summed E-state index contributed by atoms with van der Waals surface area (Å²) in [6, 6.07) is 5.63. The lowest BCUT2D eigenvalue weighted by molar-refractivity contribution is -0.116. The third-order valence-electron chi connectivity index (χ3n) is 3.41. The molecule has 3 rings (SSSR count). The summed E-state index contributed by atoms with van der Waals surface area (Å²) in [4.78, 5) is 28.3. The number of halogens is 1. The summed E-state index contributed by atoms with van der Waals surface area (Å²) in [6.45, 7) is 0.178. The van der Waals surface area contributed by atoms with Crippen molar-refractivity contribution in [2.75, 3.05) is 5.32 Å². The average molecular weight is 315 g/mol. The molecule has 2 heterocycles. The Morgan fingerprint density at radius 3 is 3.00 bits per heavy atom. The summed E-state index contributed by atoms with van der Waals surface area (Å²) >= 11 is 0. The van der Waals surface area contributed by atoms with Gasteiger partial charge >= 0.3 is 0 Å². The fourth-order valence-corrected chi connectivity index (χ4v) is 2.24. The molecule has 0 aliphatic heterocycles. The molecule has 0 aliphatic carbocycles. The number of amides is 1. The maximum atomic E-state index is 13.1. The standard InChI is InChI=1S/C15H14FN5O2/c1-20-14-12(8-18-20)15(23)21(9-17-14)6-5-13(22)19-11-4-2-3-10(16)7-11/h2-4,7-9H,5-6H2,1H3,(H,19,22). The first kappa shape index (κ1) is 14.9. The number of fused-ring (bicyclic) bond motifs is 1. The highest BCUT2D eigenvalue weighted by atomic mass is 19.1. The number of aromatic nitrogens is 4. The molecular weight excluding hydrogens is 301 g/mol. The number of anilines is 1. The summed E-state index contributed by atoms with van der Waals surface area (Å²) < 4.78 is 15.9. The minimum absolute atomic E-state index is 0.0733. The molecule has 0 saturated carbocycles. The van der Waals surface area contributed by atoms with Crippen molar-refractivity contribution >= 4 is 22.6 Å². The van der Waals surface area contributed by atoms with Crippen molar-refractivity contribution in [1.29, 1.82) is 0 Å². The zero-order valence-corrected chi connectivity index (χ0v) is 12.4. The monoisotopic (exact) mass is 315 g/mol. The fourth-order valence-electron chi connectivity index (χ4n) is 2.24. The molecule has 23 heavy (non-hydrogen) atoms. The molecule has 118 valence electrons. The van der Waals surface area contributed by atoms with E-state index in [0.29, 0.717) is 16.7 Å². The largest absolute Gasteiger partial charge is 0.326 e. The van der Waals surface area contributed by atoms with E-state index in [4.69, 9.17) is 0 Å². The molecule has 1 aromatic carbocycles. The quantitative estimate of drug-likeness (QED) is 0.787. The minimum Gasteiger partial charge on any atom is -0.326 e. The number of aryl methyl sites for hydroxylation is 2. The second kappa shape index (κ2) is 5.99. The van der Waals surface area contributed by atoms with Crippen molar-refractivity contribution in [2.24, 2.45) is 7.05 Å². The van der Waals surface area contributed by atoms with Gasteiger partial charge in [-0.1, -0.05) is 6.07 Å².